The maximum Gasteiger partial charge on any atom is 0.238 e. The summed E-state index contributed by atoms with van der Waals surface area (Å²) in [7, 11) is 0. The van der Waals surface area contributed by atoms with Crippen LogP contribution in [0.4, 0.5) is 5.69 Å². The second kappa shape index (κ2) is 7.73. The molecule has 3 aromatic carbocycles. The molecule has 1 heterocycles. The SMILES string of the molecule is O=C1[C@@H]2[C@H](C(=O)N1c1ccc(Cl)cc1)[C@@H](c1ccccc1)CC[C@H]2c1ccccc1. The Balaban J connectivity index is 1.60. The minimum Gasteiger partial charge on any atom is -0.274 e. The lowest BCUT2D eigenvalue weighted by Crippen LogP contribution is -2.34. The maximum atomic E-state index is 13.7. The molecular weight excluding hydrogens is 394 g/mol. The van der Waals surface area contributed by atoms with Gasteiger partial charge in [0.05, 0.1) is 17.5 Å². The van der Waals surface area contributed by atoms with Gasteiger partial charge >= 0.3 is 0 Å². The Morgan fingerprint density at radius 2 is 1.07 bits per heavy atom. The van der Waals surface area contributed by atoms with Crippen molar-refractivity contribution in [1.29, 1.82) is 0 Å². The van der Waals surface area contributed by atoms with Gasteiger partial charge in [-0.2, -0.15) is 0 Å². The van der Waals surface area contributed by atoms with Crippen LogP contribution in [0.2, 0.25) is 5.02 Å². The molecule has 5 rings (SSSR count). The van der Waals surface area contributed by atoms with Crippen molar-refractivity contribution < 1.29 is 9.59 Å². The summed E-state index contributed by atoms with van der Waals surface area (Å²) in [4.78, 5) is 28.7. The second-order valence-corrected chi connectivity index (χ2v) is 8.59. The van der Waals surface area contributed by atoms with Crippen molar-refractivity contribution in [2.24, 2.45) is 11.8 Å². The Morgan fingerprint density at radius 3 is 1.50 bits per heavy atom. The molecule has 0 N–H and O–H groups in total. The van der Waals surface area contributed by atoms with Gasteiger partial charge < -0.3 is 0 Å². The third kappa shape index (κ3) is 3.14. The highest BCUT2D eigenvalue weighted by Gasteiger charge is 2.56. The van der Waals surface area contributed by atoms with Crippen LogP contribution in [-0.2, 0) is 9.59 Å². The lowest BCUT2D eigenvalue weighted by Gasteiger charge is -2.37. The van der Waals surface area contributed by atoms with Gasteiger partial charge in [0.2, 0.25) is 11.8 Å². The van der Waals surface area contributed by atoms with Gasteiger partial charge in [0, 0.05) is 5.02 Å². The number of hydrogen-bond acceptors (Lipinski definition) is 2. The van der Waals surface area contributed by atoms with Crippen molar-refractivity contribution in [3.63, 3.8) is 0 Å². The van der Waals surface area contributed by atoms with E-state index in [0.29, 0.717) is 10.7 Å². The number of halogens is 1. The highest BCUT2D eigenvalue weighted by atomic mass is 35.5. The fourth-order valence-corrected chi connectivity index (χ4v) is 5.40. The molecule has 0 bridgehead atoms. The molecule has 2 fully saturated rings. The molecule has 0 spiro atoms. The van der Waals surface area contributed by atoms with Crippen molar-refractivity contribution in [1.82, 2.24) is 0 Å². The van der Waals surface area contributed by atoms with E-state index < -0.39 is 0 Å². The van der Waals surface area contributed by atoms with Gasteiger partial charge in [0.15, 0.2) is 0 Å². The van der Waals surface area contributed by atoms with Crippen LogP contribution in [0, 0.1) is 11.8 Å². The molecule has 3 aromatic rings. The zero-order valence-corrected chi connectivity index (χ0v) is 17.2. The van der Waals surface area contributed by atoms with Crippen LogP contribution in [0.25, 0.3) is 0 Å². The topological polar surface area (TPSA) is 37.4 Å². The van der Waals surface area contributed by atoms with Crippen LogP contribution >= 0.6 is 11.6 Å². The second-order valence-electron chi connectivity index (χ2n) is 8.15. The van der Waals surface area contributed by atoms with Crippen LogP contribution in [0.3, 0.4) is 0 Å². The molecule has 4 heteroatoms. The molecule has 1 saturated heterocycles. The standard InChI is InChI=1S/C26H22ClNO2/c27-19-11-13-20(14-12-19)28-25(29)23-21(17-7-3-1-4-8-17)15-16-22(24(23)26(28)30)18-9-5-2-6-10-18/h1-14,21-24H,15-16H2/t21-,22+,23-,24+. The van der Waals surface area contributed by atoms with Gasteiger partial charge in [-0.05, 0) is 60.1 Å². The molecule has 1 aliphatic carbocycles. The average molecular weight is 416 g/mol. The number of hydrogen-bond donors (Lipinski definition) is 0. The zero-order valence-electron chi connectivity index (χ0n) is 16.4. The van der Waals surface area contributed by atoms with Crippen molar-refractivity contribution in [2.75, 3.05) is 4.90 Å². The van der Waals surface area contributed by atoms with Crippen molar-refractivity contribution in [3.8, 4) is 0 Å². The van der Waals surface area contributed by atoms with Gasteiger partial charge in [-0.1, -0.05) is 72.3 Å². The molecular formula is C26H22ClNO2. The van der Waals surface area contributed by atoms with Crippen LogP contribution in [-0.4, -0.2) is 11.8 Å². The summed E-state index contributed by atoms with van der Waals surface area (Å²) in [5.41, 5.74) is 2.87. The molecule has 4 atom stereocenters. The Morgan fingerprint density at radius 1 is 0.633 bits per heavy atom. The predicted octanol–water partition coefficient (Wildman–Crippen LogP) is 5.81. The Kier molecular flexibility index (Phi) is 4.92. The smallest absolute Gasteiger partial charge is 0.238 e. The highest BCUT2D eigenvalue weighted by Crippen LogP contribution is 2.53. The van der Waals surface area contributed by atoms with E-state index in [2.05, 4.69) is 24.3 Å². The van der Waals surface area contributed by atoms with Gasteiger partial charge in [-0.3, -0.25) is 14.5 Å². The first-order chi connectivity index (χ1) is 14.6. The van der Waals surface area contributed by atoms with Gasteiger partial charge in [-0.25, -0.2) is 0 Å². The van der Waals surface area contributed by atoms with E-state index in [-0.39, 0.29) is 35.5 Å². The summed E-state index contributed by atoms with van der Waals surface area (Å²) < 4.78 is 0. The molecule has 3 nitrogen and oxygen atoms in total. The summed E-state index contributed by atoms with van der Waals surface area (Å²) >= 11 is 6.03. The van der Waals surface area contributed by atoms with E-state index in [1.807, 2.05) is 36.4 Å². The minimum absolute atomic E-state index is 0.0462. The summed E-state index contributed by atoms with van der Waals surface area (Å²) in [6.45, 7) is 0. The van der Waals surface area contributed by atoms with Crippen LogP contribution in [0.5, 0.6) is 0 Å². The summed E-state index contributed by atoms with van der Waals surface area (Å²) in [6, 6.07) is 27.3. The highest BCUT2D eigenvalue weighted by molar-refractivity contribution is 6.30. The molecule has 2 aliphatic rings. The number of anilines is 1. The van der Waals surface area contributed by atoms with Crippen LogP contribution < -0.4 is 4.90 Å². The van der Waals surface area contributed by atoms with E-state index >= 15 is 0 Å². The Bertz CT molecular complexity index is 1000. The molecule has 150 valence electrons. The number of rotatable bonds is 3. The molecule has 1 aliphatic heterocycles. The zero-order chi connectivity index (χ0) is 20.7. The van der Waals surface area contributed by atoms with E-state index in [0.717, 1.165) is 24.0 Å². The van der Waals surface area contributed by atoms with E-state index in [1.165, 1.54) is 4.90 Å². The first-order valence-corrected chi connectivity index (χ1v) is 10.8. The number of nitrogens with zero attached hydrogens (tertiary/aromatic N) is 1. The minimum atomic E-state index is -0.352. The first kappa shape index (κ1) is 19.1. The third-order valence-corrected chi connectivity index (χ3v) is 6.85. The number of amides is 2. The monoisotopic (exact) mass is 415 g/mol. The van der Waals surface area contributed by atoms with Crippen LogP contribution in [0.1, 0.15) is 35.8 Å². The van der Waals surface area contributed by atoms with Gasteiger partial charge in [0.1, 0.15) is 0 Å². The summed E-state index contributed by atoms with van der Waals surface area (Å²) in [5.74, 6) is -0.803. The number of fused-ring (bicyclic) bond motifs is 1. The molecule has 0 aromatic heterocycles. The number of carbonyl (C=O) groups is 2. The fraction of sp³-hybridized carbons (Fsp3) is 0.231. The largest absolute Gasteiger partial charge is 0.274 e. The number of carbonyl (C=O) groups excluding carboxylic acids is 2. The number of benzene rings is 3. The van der Waals surface area contributed by atoms with E-state index in [4.69, 9.17) is 11.6 Å². The average Bonchev–Trinajstić information content (AvgIpc) is 3.06. The Labute approximate surface area is 181 Å². The van der Waals surface area contributed by atoms with Crippen molar-refractivity contribution in [3.05, 3.63) is 101 Å². The summed E-state index contributed by atoms with van der Waals surface area (Å²) in [6.07, 6.45) is 1.77. The molecule has 1 saturated carbocycles. The van der Waals surface area contributed by atoms with Crippen LogP contribution in [0.15, 0.2) is 84.9 Å². The lowest BCUT2D eigenvalue weighted by molar-refractivity contribution is -0.122. The van der Waals surface area contributed by atoms with Crippen molar-refractivity contribution >= 4 is 29.1 Å². The molecule has 0 unspecified atom stereocenters. The van der Waals surface area contributed by atoms with Gasteiger partial charge in [0.25, 0.3) is 0 Å². The molecule has 0 radical (unpaired) electrons. The van der Waals surface area contributed by atoms with Gasteiger partial charge in [-0.15, -0.1) is 0 Å². The number of imide groups is 1. The lowest BCUT2D eigenvalue weighted by atomic mass is 9.64. The van der Waals surface area contributed by atoms with E-state index in [9.17, 15) is 9.59 Å². The first-order valence-electron chi connectivity index (χ1n) is 10.4. The van der Waals surface area contributed by atoms with E-state index in [1.54, 1.807) is 24.3 Å². The van der Waals surface area contributed by atoms with Crippen molar-refractivity contribution in [2.45, 2.75) is 24.7 Å². The fourth-order valence-electron chi connectivity index (χ4n) is 5.27. The molecule has 2 amide bonds. The quantitative estimate of drug-likeness (QED) is 0.506. The summed E-state index contributed by atoms with van der Waals surface area (Å²) in [5, 5.41) is 0.583. The maximum absolute atomic E-state index is 13.7. The molecule has 30 heavy (non-hydrogen) atoms. The predicted molar refractivity (Wildman–Crippen MR) is 119 cm³/mol. The third-order valence-electron chi connectivity index (χ3n) is 6.59. The Hall–Kier alpha value is -2.91. The normalized spacial score (nSPS) is 26.0.